The molecule has 1 aromatic carbocycles. The van der Waals surface area contributed by atoms with Gasteiger partial charge in [-0.1, -0.05) is 18.3 Å². The highest BCUT2D eigenvalue weighted by Gasteiger charge is 2.05. The molecule has 0 saturated heterocycles. The molecule has 0 aliphatic heterocycles. The Morgan fingerprint density at radius 1 is 1.57 bits per heavy atom. The molecule has 1 aromatic rings. The van der Waals surface area contributed by atoms with Gasteiger partial charge in [0.15, 0.2) is 0 Å². The van der Waals surface area contributed by atoms with Gasteiger partial charge in [-0.3, -0.25) is 0 Å². The first-order valence-corrected chi connectivity index (χ1v) is 4.72. The van der Waals surface area contributed by atoms with E-state index in [1.807, 2.05) is 6.92 Å². The smallest absolute Gasteiger partial charge is 0.133 e. The molecule has 0 amide bonds. The van der Waals surface area contributed by atoms with Crippen LogP contribution in [0, 0.1) is 5.82 Å². The predicted octanol–water partition coefficient (Wildman–Crippen LogP) is 2.00. The van der Waals surface area contributed by atoms with Crippen molar-refractivity contribution in [3.63, 3.8) is 0 Å². The SMILES string of the molecule is CCOCc1ccc(F)c(C(N)=S)c1. The molecule has 2 N–H and O–H groups in total. The number of rotatable bonds is 4. The quantitative estimate of drug-likeness (QED) is 0.777. The Kier molecular flexibility index (Phi) is 3.98. The third kappa shape index (κ3) is 2.75. The molecule has 2 nitrogen and oxygen atoms in total. The third-order valence-corrected chi connectivity index (χ3v) is 1.99. The minimum atomic E-state index is -0.391. The molecule has 76 valence electrons. The van der Waals surface area contributed by atoms with Crippen LogP contribution in [0.25, 0.3) is 0 Å². The van der Waals surface area contributed by atoms with Crippen molar-refractivity contribution < 1.29 is 9.13 Å². The summed E-state index contributed by atoms with van der Waals surface area (Å²) in [6, 6.07) is 4.63. The molecular weight excluding hydrogens is 201 g/mol. The Balaban J connectivity index is 2.89. The largest absolute Gasteiger partial charge is 0.389 e. The van der Waals surface area contributed by atoms with Gasteiger partial charge < -0.3 is 10.5 Å². The summed E-state index contributed by atoms with van der Waals surface area (Å²) in [5, 5.41) is 0. The van der Waals surface area contributed by atoms with Gasteiger partial charge in [0.1, 0.15) is 10.8 Å². The normalized spacial score (nSPS) is 10.1. The molecule has 0 bridgehead atoms. The van der Waals surface area contributed by atoms with Gasteiger partial charge in [-0.2, -0.15) is 0 Å². The van der Waals surface area contributed by atoms with E-state index in [-0.39, 0.29) is 10.6 Å². The minimum absolute atomic E-state index is 0.0702. The molecule has 0 aromatic heterocycles. The fraction of sp³-hybridized carbons (Fsp3) is 0.300. The van der Waals surface area contributed by atoms with Gasteiger partial charge in [-0.05, 0) is 24.6 Å². The number of halogens is 1. The van der Waals surface area contributed by atoms with Crippen molar-refractivity contribution in [2.45, 2.75) is 13.5 Å². The highest BCUT2D eigenvalue weighted by molar-refractivity contribution is 7.80. The van der Waals surface area contributed by atoms with Gasteiger partial charge in [0.25, 0.3) is 0 Å². The van der Waals surface area contributed by atoms with Crippen LogP contribution in [0.4, 0.5) is 4.39 Å². The zero-order valence-corrected chi connectivity index (χ0v) is 8.73. The van der Waals surface area contributed by atoms with Gasteiger partial charge in [0.05, 0.1) is 6.61 Å². The zero-order valence-electron chi connectivity index (χ0n) is 7.92. The molecule has 4 heteroatoms. The first-order valence-electron chi connectivity index (χ1n) is 4.31. The van der Waals surface area contributed by atoms with E-state index in [1.54, 1.807) is 12.1 Å². The highest BCUT2D eigenvalue weighted by Crippen LogP contribution is 2.11. The molecule has 0 unspecified atom stereocenters. The molecule has 0 fully saturated rings. The van der Waals surface area contributed by atoms with Crippen LogP contribution in [0.2, 0.25) is 0 Å². The maximum atomic E-state index is 13.1. The topological polar surface area (TPSA) is 35.2 Å². The Hall–Kier alpha value is -1.00. The summed E-state index contributed by atoms with van der Waals surface area (Å²) in [7, 11) is 0. The van der Waals surface area contributed by atoms with Crippen LogP contribution in [-0.2, 0) is 11.3 Å². The number of nitrogens with two attached hydrogens (primary N) is 1. The maximum absolute atomic E-state index is 13.1. The predicted molar refractivity (Wildman–Crippen MR) is 57.6 cm³/mol. The lowest BCUT2D eigenvalue weighted by Gasteiger charge is -2.05. The zero-order chi connectivity index (χ0) is 10.6. The Labute approximate surface area is 87.9 Å². The molecule has 0 heterocycles. The molecule has 0 radical (unpaired) electrons. The molecule has 0 saturated carbocycles. The van der Waals surface area contributed by atoms with E-state index < -0.39 is 5.82 Å². The van der Waals surface area contributed by atoms with Crippen molar-refractivity contribution in [3.8, 4) is 0 Å². The molecule has 0 aliphatic rings. The average molecular weight is 213 g/mol. The molecule has 1 rings (SSSR count). The summed E-state index contributed by atoms with van der Waals surface area (Å²) in [5.41, 5.74) is 6.51. The van der Waals surface area contributed by atoms with Gasteiger partial charge in [-0.25, -0.2) is 4.39 Å². The van der Waals surface area contributed by atoms with Crippen LogP contribution in [0.15, 0.2) is 18.2 Å². The summed E-state index contributed by atoms with van der Waals surface area (Å²) in [5.74, 6) is -0.391. The summed E-state index contributed by atoms with van der Waals surface area (Å²) in [4.78, 5) is 0.0702. The van der Waals surface area contributed by atoms with Crippen LogP contribution in [0.3, 0.4) is 0 Å². The lowest BCUT2D eigenvalue weighted by Crippen LogP contribution is -2.12. The Morgan fingerprint density at radius 2 is 2.29 bits per heavy atom. The fourth-order valence-corrected chi connectivity index (χ4v) is 1.23. The monoisotopic (exact) mass is 213 g/mol. The van der Waals surface area contributed by atoms with Crippen LogP contribution in [0.5, 0.6) is 0 Å². The minimum Gasteiger partial charge on any atom is -0.389 e. The van der Waals surface area contributed by atoms with Crippen LogP contribution < -0.4 is 5.73 Å². The van der Waals surface area contributed by atoms with Gasteiger partial charge in [0, 0.05) is 12.2 Å². The second kappa shape index (κ2) is 5.02. The molecule has 0 aliphatic carbocycles. The summed E-state index contributed by atoms with van der Waals surface area (Å²) in [6.45, 7) is 2.98. The number of benzene rings is 1. The fourth-order valence-electron chi connectivity index (χ4n) is 1.07. The van der Waals surface area contributed by atoms with Crippen LogP contribution in [-0.4, -0.2) is 11.6 Å². The lowest BCUT2D eigenvalue weighted by atomic mass is 10.1. The van der Waals surface area contributed by atoms with E-state index in [0.29, 0.717) is 13.2 Å². The van der Waals surface area contributed by atoms with Crippen molar-refractivity contribution in [3.05, 3.63) is 35.1 Å². The van der Waals surface area contributed by atoms with Gasteiger partial charge in [0.2, 0.25) is 0 Å². The second-order valence-electron chi connectivity index (χ2n) is 2.82. The van der Waals surface area contributed by atoms with Crippen LogP contribution in [0.1, 0.15) is 18.1 Å². The molecular formula is C10H12FNOS. The summed E-state index contributed by atoms with van der Waals surface area (Å²) in [6.07, 6.45) is 0. The standard InChI is InChI=1S/C10H12FNOS/c1-2-13-6-7-3-4-9(11)8(5-7)10(12)14/h3-5H,2,6H2,1H3,(H2,12,14). The van der Waals surface area contributed by atoms with Crippen molar-refractivity contribution in [2.24, 2.45) is 5.73 Å². The summed E-state index contributed by atoms with van der Waals surface area (Å²) >= 11 is 4.72. The number of hydrogen-bond acceptors (Lipinski definition) is 2. The van der Waals surface area contributed by atoms with E-state index in [4.69, 9.17) is 22.7 Å². The van der Waals surface area contributed by atoms with E-state index in [0.717, 1.165) is 5.56 Å². The van der Waals surface area contributed by atoms with E-state index in [2.05, 4.69) is 0 Å². The highest BCUT2D eigenvalue weighted by atomic mass is 32.1. The van der Waals surface area contributed by atoms with E-state index in [9.17, 15) is 4.39 Å². The Bertz CT molecular complexity index is 341. The van der Waals surface area contributed by atoms with Gasteiger partial charge in [-0.15, -0.1) is 0 Å². The molecule has 0 spiro atoms. The first kappa shape index (κ1) is 11.1. The number of ether oxygens (including phenoxy) is 1. The summed E-state index contributed by atoms with van der Waals surface area (Å²) < 4.78 is 18.3. The first-order chi connectivity index (χ1) is 6.65. The maximum Gasteiger partial charge on any atom is 0.133 e. The molecule has 0 atom stereocenters. The van der Waals surface area contributed by atoms with E-state index in [1.165, 1.54) is 6.07 Å². The second-order valence-corrected chi connectivity index (χ2v) is 3.26. The van der Waals surface area contributed by atoms with Crippen molar-refractivity contribution in [2.75, 3.05) is 6.61 Å². The van der Waals surface area contributed by atoms with Crippen molar-refractivity contribution >= 4 is 17.2 Å². The van der Waals surface area contributed by atoms with Crippen molar-refractivity contribution in [1.29, 1.82) is 0 Å². The van der Waals surface area contributed by atoms with Crippen LogP contribution >= 0.6 is 12.2 Å². The molecule has 14 heavy (non-hydrogen) atoms. The number of thiocarbonyl (C=S) groups is 1. The Morgan fingerprint density at radius 3 is 2.86 bits per heavy atom. The third-order valence-electron chi connectivity index (χ3n) is 1.77. The van der Waals surface area contributed by atoms with Crippen molar-refractivity contribution in [1.82, 2.24) is 0 Å². The van der Waals surface area contributed by atoms with E-state index >= 15 is 0 Å². The average Bonchev–Trinajstić information content (AvgIpc) is 2.16. The number of hydrogen-bond donors (Lipinski definition) is 1. The lowest BCUT2D eigenvalue weighted by molar-refractivity contribution is 0.134. The van der Waals surface area contributed by atoms with Gasteiger partial charge >= 0.3 is 0 Å².